The Labute approximate surface area is 155 Å². The van der Waals surface area contributed by atoms with Gasteiger partial charge in [0.1, 0.15) is 5.82 Å². The molecule has 24 heavy (non-hydrogen) atoms. The Morgan fingerprint density at radius 3 is 2.83 bits per heavy atom. The molecule has 0 N–H and O–H groups in total. The van der Waals surface area contributed by atoms with Gasteiger partial charge in [-0.05, 0) is 46.9 Å². The van der Waals surface area contributed by atoms with Gasteiger partial charge in [-0.1, -0.05) is 29.5 Å². The maximum Gasteiger partial charge on any atom is 0.280 e. The minimum Gasteiger partial charge on any atom is -0.383 e. The third kappa shape index (κ3) is 3.42. The summed E-state index contributed by atoms with van der Waals surface area (Å²) in [6, 6.07) is 12.1. The van der Waals surface area contributed by atoms with Crippen LogP contribution in [0.3, 0.4) is 0 Å². The number of halogens is 2. The molecule has 0 radical (unpaired) electrons. The average molecular weight is 456 g/mol. The molecule has 0 saturated heterocycles. The topological polar surface area (TPSA) is 43.6 Å². The normalized spacial score (nSPS) is 12.0. The first-order chi connectivity index (χ1) is 11.6. The van der Waals surface area contributed by atoms with E-state index in [0.717, 1.165) is 8.27 Å². The number of hydrogen-bond acceptors (Lipinski definition) is 3. The zero-order chi connectivity index (χ0) is 17.1. The van der Waals surface area contributed by atoms with Crippen LogP contribution >= 0.6 is 33.9 Å². The summed E-state index contributed by atoms with van der Waals surface area (Å²) in [4.78, 5) is 17.2. The molecule has 0 aliphatic carbocycles. The van der Waals surface area contributed by atoms with E-state index in [9.17, 15) is 9.18 Å². The van der Waals surface area contributed by atoms with Crippen LogP contribution in [0.4, 0.5) is 4.39 Å². The first-order valence-corrected chi connectivity index (χ1v) is 9.11. The molecule has 0 bridgehead atoms. The van der Waals surface area contributed by atoms with Crippen molar-refractivity contribution in [3.63, 3.8) is 0 Å². The van der Waals surface area contributed by atoms with E-state index in [1.165, 1.54) is 17.4 Å². The van der Waals surface area contributed by atoms with Crippen LogP contribution in [0.2, 0.25) is 0 Å². The lowest BCUT2D eigenvalue weighted by molar-refractivity contribution is 0.0996. The van der Waals surface area contributed by atoms with Crippen LogP contribution in [0.25, 0.3) is 10.2 Å². The van der Waals surface area contributed by atoms with Gasteiger partial charge in [0.05, 0.1) is 22.4 Å². The van der Waals surface area contributed by atoms with Crippen molar-refractivity contribution in [2.45, 2.75) is 6.54 Å². The van der Waals surface area contributed by atoms with Gasteiger partial charge < -0.3 is 9.30 Å². The Kier molecular flexibility index (Phi) is 5.42. The van der Waals surface area contributed by atoms with Gasteiger partial charge in [0.15, 0.2) is 4.80 Å². The summed E-state index contributed by atoms with van der Waals surface area (Å²) in [5.74, 6) is -0.666. The Bertz CT molecular complexity index is 965. The number of carbonyl (C=O) groups excluding carboxylic acids is 1. The molecule has 0 saturated carbocycles. The van der Waals surface area contributed by atoms with Crippen molar-refractivity contribution >= 4 is 50.1 Å². The standard InChI is InChI=1S/C17H14FIN2O2S/c1-23-10-9-21-15-12(18)6-4-8-14(15)24-17(21)20-16(22)11-5-2-3-7-13(11)19/h2-8H,9-10H2,1H3. The number of para-hydroxylation sites is 1. The molecule has 0 fully saturated rings. The largest absolute Gasteiger partial charge is 0.383 e. The first-order valence-electron chi connectivity index (χ1n) is 7.22. The monoisotopic (exact) mass is 456 g/mol. The smallest absolute Gasteiger partial charge is 0.280 e. The molecule has 124 valence electrons. The van der Waals surface area contributed by atoms with Gasteiger partial charge in [0.2, 0.25) is 0 Å². The predicted octanol–water partition coefficient (Wildman–Crippen LogP) is 3.83. The molecule has 2 aromatic carbocycles. The van der Waals surface area contributed by atoms with E-state index in [1.54, 1.807) is 29.9 Å². The van der Waals surface area contributed by atoms with E-state index in [4.69, 9.17) is 4.74 Å². The molecular formula is C17H14FIN2O2S. The van der Waals surface area contributed by atoms with Crippen LogP contribution in [0.5, 0.6) is 0 Å². The highest BCUT2D eigenvalue weighted by Crippen LogP contribution is 2.20. The lowest BCUT2D eigenvalue weighted by Crippen LogP contribution is -2.20. The summed E-state index contributed by atoms with van der Waals surface area (Å²) in [6.07, 6.45) is 0. The second kappa shape index (κ2) is 7.54. The molecule has 3 rings (SSSR count). The number of hydrogen-bond donors (Lipinski definition) is 0. The number of amides is 1. The Hall–Kier alpha value is -1.58. The summed E-state index contributed by atoms with van der Waals surface area (Å²) < 4.78 is 22.6. The highest BCUT2D eigenvalue weighted by Gasteiger charge is 2.13. The minimum absolute atomic E-state index is 0.331. The number of ether oxygens (including phenoxy) is 1. The third-order valence-corrected chi connectivity index (χ3v) is 5.46. The van der Waals surface area contributed by atoms with E-state index in [-0.39, 0.29) is 11.7 Å². The molecule has 7 heteroatoms. The molecule has 0 unspecified atom stereocenters. The fraction of sp³-hybridized carbons (Fsp3) is 0.176. The average Bonchev–Trinajstić information content (AvgIpc) is 2.91. The second-order valence-electron chi connectivity index (χ2n) is 5.01. The van der Waals surface area contributed by atoms with Crippen molar-refractivity contribution < 1.29 is 13.9 Å². The number of benzene rings is 2. The highest BCUT2D eigenvalue weighted by molar-refractivity contribution is 14.1. The lowest BCUT2D eigenvalue weighted by Gasteiger charge is -2.05. The Morgan fingerprint density at radius 2 is 2.08 bits per heavy atom. The van der Waals surface area contributed by atoms with Crippen molar-refractivity contribution in [1.82, 2.24) is 4.57 Å². The van der Waals surface area contributed by atoms with E-state index in [0.29, 0.717) is 29.0 Å². The predicted molar refractivity (Wildman–Crippen MR) is 101 cm³/mol. The van der Waals surface area contributed by atoms with Crippen molar-refractivity contribution in [3.8, 4) is 0 Å². The van der Waals surface area contributed by atoms with Crippen molar-refractivity contribution in [1.29, 1.82) is 0 Å². The van der Waals surface area contributed by atoms with Crippen molar-refractivity contribution in [3.05, 3.63) is 62.2 Å². The van der Waals surface area contributed by atoms with E-state index in [1.807, 2.05) is 18.2 Å². The van der Waals surface area contributed by atoms with Crippen LogP contribution in [0.15, 0.2) is 47.5 Å². The number of carbonyl (C=O) groups is 1. The van der Waals surface area contributed by atoms with Gasteiger partial charge in [-0.2, -0.15) is 4.99 Å². The van der Waals surface area contributed by atoms with Crippen LogP contribution in [-0.4, -0.2) is 24.2 Å². The summed E-state index contributed by atoms with van der Waals surface area (Å²) >= 11 is 3.40. The fourth-order valence-corrected chi connectivity index (χ4v) is 4.03. The summed E-state index contributed by atoms with van der Waals surface area (Å²) in [5, 5.41) is 0. The van der Waals surface area contributed by atoms with Gasteiger partial charge in [0.25, 0.3) is 5.91 Å². The highest BCUT2D eigenvalue weighted by atomic mass is 127. The summed E-state index contributed by atoms with van der Waals surface area (Å²) in [5.41, 5.74) is 0.989. The van der Waals surface area contributed by atoms with Gasteiger partial charge in [-0.25, -0.2) is 4.39 Å². The van der Waals surface area contributed by atoms with Crippen LogP contribution in [-0.2, 0) is 11.3 Å². The van der Waals surface area contributed by atoms with Crippen molar-refractivity contribution in [2.75, 3.05) is 13.7 Å². The maximum absolute atomic E-state index is 14.2. The molecule has 1 aromatic heterocycles. The van der Waals surface area contributed by atoms with Crippen molar-refractivity contribution in [2.24, 2.45) is 4.99 Å². The van der Waals surface area contributed by atoms with Gasteiger partial charge >= 0.3 is 0 Å². The van der Waals surface area contributed by atoms with E-state index in [2.05, 4.69) is 27.6 Å². The molecular weight excluding hydrogens is 442 g/mol. The number of aromatic nitrogens is 1. The number of nitrogens with zero attached hydrogens (tertiary/aromatic N) is 2. The lowest BCUT2D eigenvalue weighted by atomic mass is 10.2. The maximum atomic E-state index is 14.2. The SMILES string of the molecule is COCCn1c(=NC(=O)c2ccccc2I)sc2cccc(F)c21. The Morgan fingerprint density at radius 1 is 1.29 bits per heavy atom. The zero-order valence-corrected chi connectivity index (χ0v) is 15.8. The molecule has 0 aliphatic rings. The molecule has 1 heterocycles. The summed E-state index contributed by atoms with van der Waals surface area (Å²) in [6.45, 7) is 0.833. The molecule has 0 aliphatic heterocycles. The van der Waals surface area contributed by atoms with Gasteiger partial charge in [-0.3, -0.25) is 4.79 Å². The van der Waals surface area contributed by atoms with Crippen LogP contribution < -0.4 is 4.80 Å². The van der Waals surface area contributed by atoms with Crippen LogP contribution in [0.1, 0.15) is 10.4 Å². The Balaban J connectivity index is 2.16. The second-order valence-corrected chi connectivity index (χ2v) is 7.18. The molecule has 0 atom stereocenters. The van der Waals surface area contributed by atoms with E-state index < -0.39 is 0 Å². The van der Waals surface area contributed by atoms with Gasteiger partial charge in [0, 0.05) is 17.2 Å². The first kappa shape index (κ1) is 17.2. The number of methoxy groups -OCH3 is 1. The van der Waals surface area contributed by atoms with Crippen LogP contribution in [0, 0.1) is 9.39 Å². The number of rotatable bonds is 4. The quantitative estimate of drug-likeness (QED) is 0.561. The summed E-state index contributed by atoms with van der Waals surface area (Å²) in [7, 11) is 1.58. The molecule has 4 nitrogen and oxygen atoms in total. The van der Waals surface area contributed by atoms with E-state index >= 15 is 0 Å². The van der Waals surface area contributed by atoms with Gasteiger partial charge in [-0.15, -0.1) is 0 Å². The molecule has 1 amide bonds. The zero-order valence-electron chi connectivity index (χ0n) is 12.8. The fourth-order valence-electron chi connectivity index (χ4n) is 2.34. The number of fused-ring (bicyclic) bond motifs is 1. The molecule has 0 spiro atoms. The minimum atomic E-state index is -0.335. The number of thiazole rings is 1. The molecule has 3 aromatic rings. The third-order valence-electron chi connectivity index (χ3n) is 3.47.